The van der Waals surface area contributed by atoms with E-state index in [1.54, 1.807) is 6.20 Å². The topological polar surface area (TPSA) is 114 Å². The van der Waals surface area contributed by atoms with Crippen LogP contribution in [0, 0.1) is 6.92 Å². The van der Waals surface area contributed by atoms with Crippen LogP contribution in [0.2, 0.25) is 0 Å². The number of nitrogens with one attached hydrogen (secondary N) is 2. The third-order valence-corrected chi connectivity index (χ3v) is 6.30. The molecule has 0 aliphatic carbocycles. The van der Waals surface area contributed by atoms with E-state index in [2.05, 4.69) is 65.3 Å². The van der Waals surface area contributed by atoms with E-state index in [1.165, 1.54) is 6.33 Å². The number of pyridine rings is 2. The molecule has 0 saturated heterocycles. The van der Waals surface area contributed by atoms with Crippen LogP contribution >= 0.6 is 0 Å². The highest BCUT2D eigenvalue weighted by atomic mass is 15.2. The van der Waals surface area contributed by atoms with Crippen molar-refractivity contribution in [3.8, 4) is 39.5 Å². The van der Waals surface area contributed by atoms with Crippen molar-refractivity contribution in [2.45, 2.75) is 6.92 Å². The van der Waals surface area contributed by atoms with Gasteiger partial charge in [0, 0.05) is 34.6 Å². The van der Waals surface area contributed by atoms with Gasteiger partial charge in [-0.1, -0.05) is 18.2 Å². The van der Waals surface area contributed by atoms with Crippen LogP contribution in [0.15, 0.2) is 85.8 Å². The van der Waals surface area contributed by atoms with Gasteiger partial charge in [-0.05, 0) is 54.4 Å². The van der Waals surface area contributed by atoms with Gasteiger partial charge in [0.1, 0.15) is 12.7 Å². The van der Waals surface area contributed by atoms with Gasteiger partial charge in [0.15, 0.2) is 5.82 Å². The first-order chi connectivity index (χ1) is 17.7. The highest BCUT2D eigenvalue weighted by Crippen LogP contribution is 2.35. The third-order valence-electron chi connectivity index (χ3n) is 6.30. The minimum atomic E-state index is 0.663. The van der Waals surface area contributed by atoms with Gasteiger partial charge in [-0.25, -0.2) is 15.0 Å². The molecule has 2 N–H and O–H groups in total. The highest BCUT2D eigenvalue weighted by Gasteiger charge is 2.18. The molecule has 0 atom stereocenters. The van der Waals surface area contributed by atoms with Crippen molar-refractivity contribution in [1.29, 1.82) is 0 Å². The highest BCUT2D eigenvalue weighted by molar-refractivity contribution is 5.98. The molecule has 0 amide bonds. The number of fused-ring (bicyclic) bond motifs is 2. The first kappa shape index (κ1) is 20.2. The van der Waals surface area contributed by atoms with Crippen LogP contribution in [0.1, 0.15) is 5.69 Å². The van der Waals surface area contributed by atoms with Crippen LogP contribution in [0.4, 0.5) is 0 Å². The summed E-state index contributed by atoms with van der Waals surface area (Å²) in [5.74, 6) is 0.663. The van der Waals surface area contributed by atoms with Crippen LogP contribution in [0.25, 0.3) is 61.4 Å². The Hall–Kier alpha value is -5.18. The Morgan fingerprint density at radius 2 is 1.81 bits per heavy atom. The van der Waals surface area contributed by atoms with Gasteiger partial charge in [-0.2, -0.15) is 10.2 Å². The Labute approximate surface area is 204 Å². The number of benzene rings is 2. The Morgan fingerprint density at radius 3 is 2.64 bits per heavy atom. The van der Waals surface area contributed by atoms with Crippen molar-refractivity contribution in [2.24, 2.45) is 0 Å². The monoisotopic (exact) mass is 469 g/mol. The molecule has 0 fully saturated rings. The third kappa shape index (κ3) is 3.25. The largest absolute Gasteiger partial charge is 0.298 e. The van der Waals surface area contributed by atoms with E-state index >= 15 is 0 Å². The molecule has 7 aromatic rings. The van der Waals surface area contributed by atoms with Crippen molar-refractivity contribution >= 4 is 21.9 Å². The summed E-state index contributed by atoms with van der Waals surface area (Å²) >= 11 is 0. The lowest BCUT2D eigenvalue weighted by molar-refractivity contribution is 1.09. The number of nitrogens with zero attached hydrogens (tertiary/aromatic N) is 7. The summed E-state index contributed by atoms with van der Waals surface area (Å²) in [6.45, 7) is 1.99. The van der Waals surface area contributed by atoms with E-state index < -0.39 is 0 Å². The molecule has 9 heteroatoms. The fourth-order valence-corrected chi connectivity index (χ4v) is 4.61. The number of aryl methyl sites for hydroxylation is 1. The van der Waals surface area contributed by atoms with Crippen LogP contribution in [0.5, 0.6) is 0 Å². The van der Waals surface area contributed by atoms with Crippen molar-refractivity contribution < 1.29 is 0 Å². The normalized spacial score (nSPS) is 11.5. The lowest BCUT2D eigenvalue weighted by Gasteiger charge is -2.12. The molecule has 0 bridgehead atoms. The molecule has 5 heterocycles. The number of rotatable bonds is 4. The molecule has 0 aliphatic heterocycles. The SMILES string of the molecule is Cc1cc(-c2cc(-c3ncn[nH]3)c3ncn(-c4cc(-c5cn[nH]c5)nc5ccccc45)c3c2)ccn1. The summed E-state index contributed by atoms with van der Waals surface area (Å²) < 4.78 is 2.11. The molecular weight excluding hydrogens is 450 g/mol. The lowest BCUT2D eigenvalue weighted by atomic mass is 10.0. The predicted octanol–water partition coefficient (Wildman–Crippen LogP) is 5.12. The first-order valence-corrected chi connectivity index (χ1v) is 11.4. The zero-order chi connectivity index (χ0) is 24.1. The number of imidazole rings is 1. The molecule has 0 saturated carbocycles. The van der Waals surface area contributed by atoms with Crippen molar-refractivity contribution in [2.75, 3.05) is 0 Å². The van der Waals surface area contributed by atoms with E-state index in [1.807, 2.05) is 49.9 Å². The van der Waals surface area contributed by atoms with Gasteiger partial charge in [-0.3, -0.25) is 19.7 Å². The van der Waals surface area contributed by atoms with Crippen molar-refractivity contribution in [3.63, 3.8) is 0 Å². The van der Waals surface area contributed by atoms with Gasteiger partial charge in [0.25, 0.3) is 0 Å². The molecule has 0 unspecified atom stereocenters. The Bertz CT molecular complexity index is 1850. The zero-order valence-corrected chi connectivity index (χ0v) is 19.2. The summed E-state index contributed by atoms with van der Waals surface area (Å²) in [6, 6.07) is 18.5. The summed E-state index contributed by atoms with van der Waals surface area (Å²) in [6.07, 6.45) is 8.81. The second kappa shape index (κ2) is 7.95. The minimum Gasteiger partial charge on any atom is -0.298 e. The number of aromatic amines is 2. The summed E-state index contributed by atoms with van der Waals surface area (Å²) in [5, 5.41) is 15.1. The van der Waals surface area contributed by atoms with Gasteiger partial charge < -0.3 is 0 Å². The molecule has 0 aliphatic rings. The fraction of sp³-hybridized carbons (Fsp3) is 0.0370. The maximum atomic E-state index is 4.88. The van der Waals surface area contributed by atoms with Gasteiger partial charge in [-0.15, -0.1) is 0 Å². The van der Waals surface area contributed by atoms with Crippen molar-refractivity contribution in [1.82, 2.24) is 44.9 Å². The molecule has 0 spiro atoms. The number of H-pyrrole nitrogens is 2. The minimum absolute atomic E-state index is 0.663. The lowest BCUT2D eigenvalue weighted by Crippen LogP contribution is -1.97. The molecule has 0 radical (unpaired) electrons. The van der Waals surface area contributed by atoms with E-state index in [4.69, 9.17) is 9.97 Å². The van der Waals surface area contributed by atoms with E-state index in [-0.39, 0.29) is 0 Å². The Kier molecular flexibility index (Phi) is 4.46. The molecule has 9 nitrogen and oxygen atoms in total. The zero-order valence-electron chi connectivity index (χ0n) is 19.2. The van der Waals surface area contributed by atoms with Gasteiger partial charge in [0.05, 0.1) is 34.1 Å². The van der Waals surface area contributed by atoms with Crippen LogP contribution in [0.3, 0.4) is 0 Å². The number of aromatic nitrogens is 9. The summed E-state index contributed by atoms with van der Waals surface area (Å²) in [4.78, 5) is 18.5. The molecule has 7 rings (SSSR count). The summed E-state index contributed by atoms with van der Waals surface area (Å²) in [7, 11) is 0. The Morgan fingerprint density at radius 1 is 0.861 bits per heavy atom. The maximum absolute atomic E-state index is 4.88. The smallest absolute Gasteiger partial charge is 0.157 e. The quantitative estimate of drug-likeness (QED) is 0.370. The molecule has 36 heavy (non-hydrogen) atoms. The van der Waals surface area contributed by atoms with Crippen molar-refractivity contribution in [3.05, 3.63) is 91.5 Å². The maximum Gasteiger partial charge on any atom is 0.157 e. The fourth-order valence-electron chi connectivity index (χ4n) is 4.61. The van der Waals surface area contributed by atoms with Gasteiger partial charge in [0.2, 0.25) is 0 Å². The number of hydrogen-bond donors (Lipinski definition) is 2. The molecular formula is C27H19N9. The van der Waals surface area contributed by atoms with E-state index in [0.717, 1.165) is 61.3 Å². The first-order valence-electron chi connectivity index (χ1n) is 11.4. The average Bonchev–Trinajstić information content (AvgIpc) is 3.70. The van der Waals surface area contributed by atoms with Crippen LogP contribution in [-0.4, -0.2) is 44.9 Å². The number of para-hydroxylation sites is 1. The van der Waals surface area contributed by atoms with Gasteiger partial charge >= 0.3 is 0 Å². The molecule has 5 aromatic heterocycles. The Balaban J connectivity index is 1.54. The predicted molar refractivity (Wildman–Crippen MR) is 137 cm³/mol. The standard InChI is InChI=1S/C27H19N9/c1-16-8-17(6-7-28-16)18-9-21(27-29-14-33-35-27)26-25(10-18)36(15-30-26)24-11-23(19-12-31-32-13-19)34-22-5-3-2-4-20(22)24/h2-15H,1H3,(H,31,32)(H,29,33,35). The van der Waals surface area contributed by atoms with E-state index in [0.29, 0.717) is 5.82 Å². The molecule has 172 valence electrons. The number of hydrogen-bond acceptors (Lipinski definition) is 6. The molecule has 2 aromatic carbocycles. The van der Waals surface area contributed by atoms with Crippen LogP contribution < -0.4 is 0 Å². The second-order valence-electron chi connectivity index (χ2n) is 8.56. The average molecular weight is 470 g/mol. The second-order valence-corrected chi connectivity index (χ2v) is 8.56. The van der Waals surface area contributed by atoms with E-state index in [9.17, 15) is 0 Å². The summed E-state index contributed by atoms with van der Waals surface area (Å²) in [5.41, 5.74) is 9.32. The van der Waals surface area contributed by atoms with Crippen LogP contribution in [-0.2, 0) is 0 Å².